The zero-order valence-electron chi connectivity index (χ0n) is 31.8. The molecule has 0 saturated heterocycles. The number of hydrogen-bond acceptors (Lipinski definition) is 0. The summed E-state index contributed by atoms with van der Waals surface area (Å²) in [4.78, 5) is 0. The molecule has 0 fully saturated rings. The molecule has 8 rings (SSSR count). The van der Waals surface area contributed by atoms with Gasteiger partial charge in [-0.2, -0.15) is 0 Å². The molecule has 0 N–H and O–H groups in total. The first-order valence-corrected chi connectivity index (χ1v) is 18.5. The van der Waals surface area contributed by atoms with E-state index in [4.69, 9.17) is 0 Å². The van der Waals surface area contributed by atoms with E-state index >= 15 is 0 Å². The van der Waals surface area contributed by atoms with Gasteiger partial charge in [0, 0.05) is 24.3 Å². The Morgan fingerprint density at radius 3 is 1.31 bits per heavy atom. The fourth-order valence-electron chi connectivity index (χ4n) is 7.74. The molecular formula is C50H48N2+2. The van der Waals surface area contributed by atoms with Crippen LogP contribution in [0.3, 0.4) is 0 Å². The van der Waals surface area contributed by atoms with Crippen molar-refractivity contribution in [2.45, 2.75) is 66.2 Å². The summed E-state index contributed by atoms with van der Waals surface area (Å²) in [5, 5.41) is 7.74. The predicted molar refractivity (Wildman–Crippen MR) is 220 cm³/mol. The maximum atomic E-state index is 2.41. The summed E-state index contributed by atoms with van der Waals surface area (Å²) in [6.07, 6.45) is 4.37. The van der Waals surface area contributed by atoms with Crippen LogP contribution in [-0.4, -0.2) is 0 Å². The summed E-state index contributed by atoms with van der Waals surface area (Å²) in [5.41, 5.74) is 12.5. The molecule has 2 heteroatoms. The van der Waals surface area contributed by atoms with Crippen molar-refractivity contribution in [3.8, 4) is 33.6 Å². The Morgan fingerprint density at radius 2 is 0.808 bits per heavy atom. The Kier molecular flexibility index (Phi) is 8.10. The average Bonchev–Trinajstić information content (AvgIpc) is 3.14. The maximum absolute atomic E-state index is 2.41. The van der Waals surface area contributed by atoms with Gasteiger partial charge in [0.2, 0.25) is 12.4 Å². The van der Waals surface area contributed by atoms with Gasteiger partial charge in [0.05, 0.1) is 20.5 Å². The molecule has 6 aromatic carbocycles. The largest absolute Gasteiger partial charge is 0.284 e. The minimum absolute atomic E-state index is 0.0482. The second-order valence-corrected chi connectivity index (χ2v) is 16.5. The van der Waals surface area contributed by atoms with Crippen molar-refractivity contribution >= 4 is 32.3 Å². The molecule has 2 aromatic heterocycles. The summed E-state index contributed by atoms with van der Waals surface area (Å²) >= 11 is 0. The molecule has 2 nitrogen and oxygen atoms in total. The first-order valence-electron chi connectivity index (χ1n) is 18.5. The molecule has 256 valence electrons. The molecule has 0 radical (unpaired) electrons. The number of fused-ring (bicyclic) bond motifs is 6. The number of benzene rings is 6. The third-order valence-corrected chi connectivity index (χ3v) is 10.8. The second-order valence-electron chi connectivity index (χ2n) is 16.5. The van der Waals surface area contributed by atoms with Crippen LogP contribution in [0.5, 0.6) is 0 Å². The van der Waals surface area contributed by atoms with Gasteiger partial charge < -0.3 is 0 Å². The number of nitrogens with zero attached hydrogens (tertiary/aromatic N) is 2. The van der Waals surface area contributed by atoms with Crippen LogP contribution in [0.25, 0.3) is 66.0 Å². The fraction of sp³-hybridized carbons (Fsp3) is 0.200. The van der Waals surface area contributed by atoms with E-state index in [-0.39, 0.29) is 10.8 Å². The first-order chi connectivity index (χ1) is 24.9. The van der Waals surface area contributed by atoms with E-state index in [1.807, 2.05) is 0 Å². The van der Waals surface area contributed by atoms with Crippen LogP contribution in [0.15, 0.2) is 146 Å². The Bertz CT molecular complexity index is 2630. The van der Waals surface area contributed by atoms with E-state index in [2.05, 4.69) is 211 Å². The SMILES string of the molecule is Cc1ccc(-c2cc(C(C)(C)C)cc(C(C)(C)C)c2)cc1-c1cccc[n+]1-[n+]1ccccc1-c1cc2c3ccccc3c3ccccc3c2cc1C. The highest BCUT2D eigenvalue weighted by Crippen LogP contribution is 2.39. The lowest BCUT2D eigenvalue weighted by molar-refractivity contribution is -1.29. The van der Waals surface area contributed by atoms with Crippen molar-refractivity contribution in [3.05, 3.63) is 168 Å². The molecule has 2 heterocycles. The standard InChI is InChI=1S/C50H48N2/c1-33-23-24-35(36-28-37(49(3,4)5)31-38(29-36)50(6,7)8)30-43(33)47-21-13-15-25-51(47)52-26-16-14-22-48(52)44-32-46-42-20-12-10-18-40(42)39-17-9-11-19-41(39)45(46)27-34(44)2/h9-32H,1-8H3/q+2. The molecule has 0 aliphatic rings. The van der Waals surface area contributed by atoms with Gasteiger partial charge in [0.1, 0.15) is 0 Å². The Morgan fingerprint density at radius 1 is 0.365 bits per heavy atom. The molecule has 8 aromatic rings. The van der Waals surface area contributed by atoms with E-state index in [0.29, 0.717) is 0 Å². The van der Waals surface area contributed by atoms with E-state index in [9.17, 15) is 0 Å². The van der Waals surface area contributed by atoms with Crippen LogP contribution >= 0.6 is 0 Å². The number of aryl methyl sites for hydroxylation is 2. The van der Waals surface area contributed by atoms with Crippen LogP contribution in [0, 0.1) is 13.8 Å². The van der Waals surface area contributed by atoms with E-state index in [1.165, 1.54) is 76.8 Å². The zero-order chi connectivity index (χ0) is 36.4. The van der Waals surface area contributed by atoms with E-state index in [0.717, 1.165) is 11.4 Å². The number of rotatable bonds is 4. The van der Waals surface area contributed by atoms with Gasteiger partial charge in [-0.1, -0.05) is 120 Å². The van der Waals surface area contributed by atoms with Gasteiger partial charge >= 0.3 is 0 Å². The fourth-order valence-corrected chi connectivity index (χ4v) is 7.74. The zero-order valence-corrected chi connectivity index (χ0v) is 31.8. The van der Waals surface area contributed by atoms with Crippen LogP contribution in [-0.2, 0) is 10.8 Å². The van der Waals surface area contributed by atoms with Gasteiger partial charge in [-0.3, -0.25) is 0 Å². The van der Waals surface area contributed by atoms with Gasteiger partial charge in [0.15, 0.2) is 0 Å². The highest BCUT2D eigenvalue weighted by Gasteiger charge is 2.29. The summed E-state index contributed by atoms with van der Waals surface area (Å²) in [6.45, 7) is 18.3. The first kappa shape index (κ1) is 33.5. The Balaban J connectivity index is 1.32. The summed E-state index contributed by atoms with van der Waals surface area (Å²) in [7, 11) is 0. The minimum Gasteiger partial charge on any atom is -0.0616 e. The maximum Gasteiger partial charge on any atom is 0.284 e. The molecule has 0 saturated carbocycles. The highest BCUT2D eigenvalue weighted by molar-refractivity contribution is 6.25. The Labute approximate surface area is 308 Å². The van der Waals surface area contributed by atoms with Crippen molar-refractivity contribution in [1.82, 2.24) is 0 Å². The van der Waals surface area contributed by atoms with Crippen LogP contribution in [0.4, 0.5) is 0 Å². The van der Waals surface area contributed by atoms with E-state index in [1.54, 1.807) is 0 Å². The smallest absolute Gasteiger partial charge is 0.0616 e. The van der Waals surface area contributed by atoms with Gasteiger partial charge in [-0.05, 0) is 121 Å². The second kappa shape index (κ2) is 12.6. The van der Waals surface area contributed by atoms with E-state index < -0.39 is 0 Å². The van der Waals surface area contributed by atoms with Crippen LogP contribution < -0.4 is 9.35 Å². The molecule has 0 spiro atoms. The summed E-state index contributed by atoms with van der Waals surface area (Å²) in [6, 6.07) is 49.6. The monoisotopic (exact) mass is 676 g/mol. The normalized spacial score (nSPS) is 12.2. The molecule has 0 unspecified atom stereocenters. The minimum atomic E-state index is 0.0482. The van der Waals surface area contributed by atoms with Crippen LogP contribution in [0.2, 0.25) is 0 Å². The van der Waals surface area contributed by atoms with Crippen molar-refractivity contribution in [2.75, 3.05) is 0 Å². The predicted octanol–water partition coefficient (Wildman–Crippen LogP) is 12.2. The average molecular weight is 677 g/mol. The lowest BCUT2D eigenvalue weighted by Gasteiger charge is -2.26. The molecular weight excluding hydrogens is 629 g/mol. The number of aromatic nitrogens is 2. The molecule has 0 bridgehead atoms. The molecule has 0 aliphatic carbocycles. The Hall–Kier alpha value is -5.60. The topological polar surface area (TPSA) is 7.76 Å². The lowest BCUT2D eigenvalue weighted by atomic mass is 9.78. The van der Waals surface area contributed by atoms with Crippen molar-refractivity contribution in [2.24, 2.45) is 0 Å². The van der Waals surface area contributed by atoms with Gasteiger partial charge in [-0.15, -0.1) is 0 Å². The van der Waals surface area contributed by atoms with Gasteiger partial charge in [0.25, 0.3) is 11.4 Å². The molecule has 0 atom stereocenters. The summed E-state index contributed by atoms with van der Waals surface area (Å²) < 4.78 is 4.60. The molecule has 0 aliphatic heterocycles. The summed E-state index contributed by atoms with van der Waals surface area (Å²) in [5.74, 6) is 0. The number of hydrogen-bond donors (Lipinski definition) is 0. The lowest BCUT2D eigenvalue weighted by Crippen LogP contribution is -2.68. The van der Waals surface area contributed by atoms with Crippen molar-refractivity contribution in [3.63, 3.8) is 0 Å². The van der Waals surface area contributed by atoms with Crippen molar-refractivity contribution < 1.29 is 9.35 Å². The van der Waals surface area contributed by atoms with Gasteiger partial charge in [-0.25, -0.2) is 0 Å². The molecule has 0 amide bonds. The molecule has 52 heavy (non-hydrogen) atoms. The third-order valence-electron chi connectivity index (χ3n) is 10.8. The quantitative estimate of drug-likeness (QED) is 0.129. The number of pyridine rings is 2. The third kappa shape index (κ3) is 5.87. The van der Waals surface area contributed by atoms with Crippen LogP contribution in [0.1, 0.15) is 63.8 Å². The highest BCUT2D eigenvalue weighted by atomic mass is 15.4. The van der Waals surface area contributed by atoms with Crippen molar-refractivity contribution in [1.29, 1.82) is 0 Å².